The summed E-state index contributed by atoms with van der Waals surface area (Å²) in [5.74, 6) is 0. The minimum absolute atomic E-state index is 0.364. The van der Waals surface area contributed by atoms with Crippen molar-refractivity contribution in [2.75, 3.05) is 6.61 Å². The molecule has 0 unspecified atom stereocenters. The first kappa shape index (κ1) is 17.9. The second-order valence-electron chi connectivity index (χ2n) is 4.44. The van der Waals surface area contributed by atoms with Crippen molar-refractivity contribution in [3.05, 3.63) is 0 Å². The van der Waals surface area contributed by atoms with E-state index in [2.05, 4.69) is 6.92 Å². The molecular formula is C13H26O4Sn. The third-order valence-corrected chi connectivity index (χ3v) is 5.95. The molecule has 4 nitrogen and oxygen atoms in total. The van der Waals surface area contributed by atoms with Crippen LogP contribution >= 0.6 is 0 Å². The maximum absolute atomic E-state index is 11.5. The zero-order valence-corrected chi connectivity index (χ0v) is 14.6. The number of ether oxygens (including phenoxy) is 1. The van der Waals surface area contributed by atoms with Gasteiger partial charge in [0.25, 0.3) is 0 Å². The van der Waals surface area contributed by atoms with Gasteiger partial charge in [-0.15, -0.1) is 0 Å². The summed E-state index contributed by atoms with van der Waals surface area (Å²) in [7, 11) is 0. The Morgan fingerprint density at radius 2 is 1.56 bits per heavy atom. The van der Waals surface area contributed by atoms with Gasteiger partial charge in [-0.25, -0.2) is 0 Å². The van der Waals surface area contributed by atoms with Crippen LogP contribution in [0, 0.1) is 0 Å². The van der Waals surface area contributed by atoms with Crippen LogP contribution in [0.15, 0.2) is 0 Å². The van der Waals surface area contributed by atoms with Crippen molar-refractivity contribution in [3.8, 4) is 0 Å². The van der Waals surface area contributed by atoms with Crippen molar-refractivity contribution in [1.82, 2.24) is 0 Å². The molecule has 5 heteroatoms. The number of unbranched alkanes of at least 4 members (excludes halogenated alkanes) is 6. The van der Waals surface area contributed by atoms with Gasteiger partial charge in [0.1, 0.15) is 0 Å². The molecule has 0 bridgehead atoms. The fourth-order valence-corrected chi connectivity index (χ4v) is 4.05. The minimum atomic E-state index is -3.14. The number of hydrogen-bond donors (Lipinski definition) is 0. The van der Waals surface area contributed by atoms with E-state index < -0.39 is 26.3 Å². The van der Waals surface area contributed by atoms with Crippen LogP contribution in [0.2, 0.25) is 4.44 Å². The van der Waals surface area contributed by atoms with Gasteiger partial charge in [-0.1, -0.05) is 0 Å². The van der Waals surface area contributed by atoms with E-state index in [9.17, 15) is 7.87 Å². The van der Waals surface area contributed by atoms with Crippen molar-refractivity contribution in [2.45, 2.75) is 69.7 Å². The van der Waals surface area contributed by atoms with Gasteiger partial charge in [-0.3, -0.25) is 0 Å². The van der Waals surface area contributed by atoms with Crippen molar-refractivity contribution >= 4 is 26.3 Å². The van der Waals surface area contributed by atoms with Gasteiger partial charge in [0.05, 0.1) is 0 Å². The van der Waals surface area contributed by atoms with E-state index in [1.54, 1.807) is 0 Å². The first-order chi connectivity index (χ1) is 8.70. The van der Waals surface area contributed by atoms with Crippen molar-refractivity contribution in [1.29, 1.82) is 0 Å². The zero-order chi connectivity index (χ0) is 13.6. The van der Waals surface area contributed by atoms with E-state index in [-0.39, 0.29) is 0 Å². The van der Waals surface area contributed by atoms with E-state index >= 15 is 0 Å². The molecule has 0 heterocycles. The SMILES string of the molecule is CCCCCCC[CH2][Sn](=[O])[O]C(=O)OCCCC. The van der Waals surface area contributed by atoms with Crippen LogP contribution < -0.4 is 0 Å². The van der Waals surface area contributed by atoms with E-state index in [0.717, 1.165) is 25.7 Å². The summed E-state index contributed by atoms with van der Waals surface area (Å²) in [5, 5.41) is 0. The van der Waals surface area contributed by atoms with Crippen LogP contribution in [0.4, 0.5) is 4.79 Å². The Labute approximate surface area is 118 Å². The molecule has 0 radical (unpaired) electrons. The molecule has 0 saturated heterocycles. The summed E-state index contributed by atoms with van der Waals surface area (Å²) >= 11 is -3.14. The van der Waals surface area contributed by atoms with Crippen LogP contribution in [0.1, 0.15) is 65.2 Å². The molecule has 0 aromatic rings. The topological polar surface area (TPSA) is 52.6 Å². The Morgan fingerprint density at radius 1 is 0.944 bits per heavy atom. The molecule has 0 aliphatic carbocycles. The molecule has 0 rings (SSSR count). The normalized spacial score (nSPS) is 10.1. The monoisotopic (exact) mass is 366 g/mol. The van der Waals surface area contributed by atoms with E-state index in [1.807, 2.05) is 6.92 Å². The molecule has 0 saturated carbocycles. The average Bonchev–Trinajstić information content (AvgIpc) is 2.34. The molecule has 0 N–H and O–H groups in total. The van der Waals surface area contributed by atoms with Gasteiger partial charge in [0.2, 0.25) is 0 Å². The predicted molar refractivity (Wildman–Crippen MR) is 72.0 cm³/mol. The van der Waals surface area contributed by atoms with Crippen LogP contribution in [0.3, 0.4) is 0 Å². The summed E-state index contributed by atoms with van der Waals surface area (Å²) in [4.78, 5) is 11.1. The fourth-order valence-electron chi connectivity index (χ4n) is 1.52. The molecule has 18 heavy (non-hydrogen) atoms. The quantitative estimate of drug-likeness (QED) is 0.313. The molecular weight excluding hydrogens is 339 g/mol. The van der Waals surface area contributed by atoms with Crippen molar-refractivity contribution in [2.24, 2.45) is 0 Å². The third-order valence-electron chi connectivity index (χ3n) is 2.65. The van der Waals surface area contributed by atoms with E-state index in [0.29, 0.717) is 11.0 Å². The van der Waals surface area contributed by atoms with Gasteiger partial charge < -0.3 is 0 Å². The van der Waals surface area contributed by atoms with Crippen molar-refractivity contribution < 1.29 is 15.7 Å². The Balaban J connectivity index is 3.38. The Hall–Kier alpha value is -0.131. The standard InChI is InChI=1S/C8H17.C5H10O3.O.Sn/c1-3-5-7-8-6-4-2;1-2-3-4-8-5(6)7;;/h1,3-8H2,2H3;2-4H2,1H3,(H,6,7);;/q;;;+1/p-1. The first-order valence-electron chi connectivity index (χ1n) is 7.08. The number of rotatable bonds is 11. The van der Waals surface area contributed by atoms with Gasteiger partial charge in [0.15, 0.2) is 0 Å². The molecule has 0 fully saturated rings. The molecule has 0 spiro atoms. The van der Waals surface area contributed by atoms with Gasteiger partial charge in [-0.2, -0.15) is 0 Å². The van der Waals surface area contributed by atoms with Gasteiger partial charge >= 0.3 is 118 Å². The number of carbonyl (C=O) groups excluding carboxylic acids is 1. The number of carbonyl (C=O) groups is 1. The van der Waals surface area contributed by atoms with Crippen LogP contribution in [-0.2, 0) is 10.9 Å². The predicted octanol–water partition coefficient (Wildman–Crippen LogP) is 4.22. The summed E-state index contributed by atoms with van der Waals surface area (Å²) in [6.07, 6.45) is 7.97. The second kappa shape index (κ2) is 13.3. The molecule has 0 atom stereocenters. The Bertz CT molecular complexity index is 231. The molecule has 0 aromatic heterocycles. The van der Waals surface area contributed by atoms with Crippen LogP contribution in [0.25, 0.3) is 0 Å². The molecule has 0 aliphatic heterocycles. The molecule has 0 amide bonds. The number of hydrogen-bond acceptors (Lipinski definition) is 4. The fraction of sp³-hybridized carbons (Fsp3) is 0.923. The Kier molecular flexibility index (Phi) is 13.2. The molecule has 0 aromatic carbocycles. The van der Waals surface area contributed by atoms with E-state index in [1.165, 1.54) is 25.7 Å². The van der Waals surface area contributed by atoms with Gasteiger partial charge in [0, 0.05) is 0 Å². The van der Waals surface area contributed by atoms with Crippen molar-refractivity contribution in [3.63, 3.8) is 0 Å². The van der Waals surface area contributed by atoms with Gasteiger partial charge in [-0.05, 0) is 0 Å². The van der Waals surface area contributed by atoms with Crippen LogP contribution in [0.5, 0.6) is 0 Å². The third kappa shape index (κ3) is 12.3. The summed E-state index contributed by atoms with van der Waals surface area (Å²) in [5.41, 5.74) is 0. The first-order valence-corrected chi connectivity index (χ1v) is 11.4. The summed E-state index contributed by atoms with van der Waals surface area (Å²) < 4.78 is 21.7. The average molecular weight is 365 g/mol. The summed E-state index contributed by atoms with van der Waals surface area (Å²) in [6, 6.07) is 0. The maximum atomic E-state index is 11.5. The zero-order valence-electron chi connectivity index (χ0n) is 11.7. The molecule has 106 valence electrons. The Morgan fingerprint density at radius 3 is 2.22 bits per heavy atom. The summed E-state index contributed by atoms with van der Waals surface area (Å²) in [6.45, 7) is 4.56. The van der Waals surface area contributed by atoms with Crippen LogP contribution in [-0.4, -0.2) is 32.9 Å². The van der Waals surface area contributed by atoms with E-state index in [4.69, 9.17) is 7.81 Å². The second-order valence-corrected chi connectivity index (χ2v) is 8.58. The molecule has 0 aliphatic rings.